The third-order valence-corrected chi connectivity index (χ3v) is 3.03. The molecular formula is C12H12FNO3. The van der Waals surface area contributed by atoms with Crippen molar-refractivity contribution in [2.75, 3.05) is 6.54 Å². The van der Waals surface area contributed by atoms with Gasteiger partial charge in [0, 0.05) is 18.9 Å². The summed E-state index contributed by atoms with van der Waals surface area (Å²) in [5, 5.41) is 11.6. The zero-order chi connectivity index (χ0) is 12.4. The Balaban J connectivity index is 2.28. The van der Waals surface area contributed by atoms with Crippen molar-refractivity contribution in [3.8, 4) is 0 Å². The number of carboxylic acid groups (broad SMARTS) is 1. The maximum absolute atomic E-state index is 12.8. The van der Waals surface area contributed by atoms with Crippen LogP contribution in [0, 0.1) is 11.7 Å². The summed E-state index contributed by atoms with van der Waals surface area (Å²) in [6.07, 6.45) is 0.128. The molecule has 2 N–H and O–H groups in total. The number of hydrogen-bond donors (Lipinski definition) is 2. The quantitative estimate of drug-likeness (QED) is 0.810. The number of piperidine rings is 1. The van der Waals surface area contributed by atoms with Crippen LogP contribution >= 0.6 is 0 Å². The molecule has 1 aliphatic heterocycles. The second-order valence-electron chi connectivity index (χ2n) is 4.11. The van der Waals surface area contributed by atoms with Gasteiger partial charge in [-0.2, -0.15) is 0 Å². The predicted octanol–water partition coefficient (Wildman–Crippen LogP) is 1.13. The molecule has 1 aromatic rings. The molecule has 2 rings (SSSR count). The average Bonchev–Trinajstić information content (AvgIpc) is 2.29. The summed E-state index contributed by atoms with van der Waals surface area (Å²) in [6.45, 7) is 0.121. The maximum Gasteiger partial charge on any atom is 0.308 e. The lowest BCUT2D eigenvalue weighted by Gasteiger charge is -2.28. The lowest BCUT2D eigenvalue weighted by atomic mass is 9.81. The summed E-state index contributed by atoms with van der Waals surface area (Å²) in [7, 11) is 0. The van der Waals surface area contributed by atoms with E-state index in [1.807, 2.05) is 0 Å². The van der Waals surface area contributed by atoms with Crippen molar-refractivity contribution in [3.63, 3.8) is 0 Å². The Morgan fingerprint density at radius 1 is 1.35 bits per heavy atom. The van der Waals surface area contributed by atoms with E-state index in [1.54, 1.807) is 0 Å². The normalized spacial score (nSPS) is 24.2. The molecule has 0 bridgehead atoms. The number of carboxylic acids is 1. The Hall–Kier alpha value is -1.91. The molecule has 0 aromatic heterocycles. The van der Waals surface area contributed by atoms with Crippen LogP contribution in [0.15, 0.2) is 24.3 Å². The first-order chi connectivity index (χ1) is 8.08. The molecule has 0 aliphatic carbocycles. The predicted molar refractivity (Wildman–Crippen MR) is 57.9 cm³/mol. The highest BCUT2D eigenvalue weighted by atomic mass is 19.1. The van der Waals surface area contributed by atoms with Crippen LogP contribution in [-0.4, -0.2) is 23.5 Å². The molecule has 1 amide bonds. The van der Waals surface area contributed by atoms with Gasteiger partial charge in [-0.1, -0.05) is 12.1 Å². The smallest absolute Gasteiger partial charge is 0.308 e. The topological polar surface area (TPSA) is 66.4 Å². The molecule has 0 unspecified atom stereocenters. The Labute approximate surface area is 97.4 Å². The molecule has 1 saturated heterocycles. The van der Waals surface area contributed by atoms with Gasteiger partial charge in [-0.15, -0.1) is 0 Å². The van der Waals surface area contributed by atoms with Crippen molar-refractivity contribution in [1.82, 2.24) is 5.32 Å². The van der Waals surface area contributed by atoms with Crippen molar-refractivity contribution in [2.45, 2.75) is 12.3 Å². The van der Waals surface area contributed by atoms with Gasteiger partial charge in [0.15, 0.2) is 0 Å². The van der Waals surface area contributed by atoms with E-state index < -0.39 is 11.9 Å². The van der Waals surface area contributed by atoms with Gasteiger partial charge in [0.1, 0.15) is 5.82 Å². The van der Waals surface area contributed by atoms with Crippen LogP contribution in [-0.2, 0) is 9.59 Å². The maximum atomic E-state index is 12.8. The van der Waals surface area contributed by atoms with Gasteiger partial charge >= 0.3 is 5.97 Å². The van der Waals surface area contributed by atoms with Crippen LogP contribution in [0.4, 0.5) is 4.39 Å². The van der Waals surface area contributed by atoms with Gasteiger partial charge in [0.25, 0.3) is 0 Å². The first kappa shape index (κ1) is 11.6. The van der Waals surface area contributed by atoms with Gasteiger partial charge < -0.3 is 10.4 Å². The number of hydrogen-bond acceptors (Lipinski definition) is 2. The molecule has 5 heteroatoms. The van der Waals surface area contributed by atoms with E-state index in [9.17, 15) is 14.0 Å². The fourth-order valence-electron chi connectivity index (χ4n) is 2.10. The highest BCUT2D eigenvalue weighted by Gasteiger charge is 2.35. The zero-order valence-corrected chi connectivity index (χ0v) is 9.02. The number of amides is 1. The van der Waals surface area contributed by atoms with Crippen LogP contribution in [0.25, 0.3) is 0 Å². The van der Waals surface area contributed by atoms with Crippen LogP contribution in [0.3, 0.4) is 0 Å². The van der Waals surface area contributed by atoms with E-state index in [-0.39, 0.29) is 30.6 Å². The van der Waals surface area contributed by atoms with Crippen molar-refractivity contribution in [2.24, 2.45) is 5.92 Å². The minimum absolute atomic E-state index is 0.121. The van der Waals surface area contributed by atoms with Crippen LogP contribution in [0.5, 0.6) is 0 Å². The number of halogens is 1. The summed E-state index contributed by atoms with van der Waals surface area (Å²) >= 11 is 0. The monoisotopic (exact) mass is 237 g/mol. The number of benzene rings is 1. The second-order valence-corrected chi connectivity index (χ2v) is 4.11. The molecular weight excluding hydrogens is 225 g/mol. The molecule has 4 nitrogen and oxygen atoms in total. The van der Waals surface area contributed by atoms with Gasteiger partial charge in [0.05, 0.1) is 5.92 Å². The Morgan fingerprint density at radius 2 is 2.00 bits per heavy atom. The number of carbonyl (C=O) groups is 2. The van der Waals surface area contributed by atoms with Crippen LogP contribution < -0.4 is 5.32 Å². The molecule has 0 saturated carbocycles. The zero-order valence-electron chi connectivity index (χ0n) is 9.02. The summed E-state index contributed by atoms with van der Waals surface area (Å²) in [5.74, 6) is -2.53. The van der Waals surface area contributed by atoms with E-state index in [2.05, 4.69) is 5.32 Å². The highest BCUT2D eigenvalue weighted by Crippen LogP contribution is 2.30. The average molecular weight is 237 g/mol. The van der Waals surface area contributed by atoms with Crippen molar-refractivity contribution < 1.29 is 19.1 Å². The molecule has 1 aliphatic rings. The summed E-state index contributed by atoms with van der Waals surface area (Å²) in [4.78, 5) is 22.4. The lowest BCUT2D eigenvalue weighted by molar-refractivity contribution is -0.144. The standard InChI is InChI=1S/C12H12FNO3/c13-8-3-1-7(2-4-8)9-5-11(15)14-6-10(9)12(16)17/h1-4,9-10H,5-6H2,(H,14,15)(H,16,17)/t9-,10-/m0/s1. The number of nitrogens with one attached hydrogen (secondary N) is 1. The SMILES string of the molecule is O=C1C[C@@H](c2ccc(F)cc2)[C@@H](C(=O)O)CN1. The number of carbonyl (C=O) groups excluding carboxylic acids is 1. The molecule has 2 atom stereocenters. The fourth-order valence-corrected chi connectivity index (χ4v) is 2.10. The number of aliphatic carboxylic acids is 1. The molecule has 1 heterocycles. The van der Waals surface area contributed by atoms with Gasteiger partial charge in [-0.05, 0) is 17.7 Å². The van der Waals surface area contributed by atoms with Crippen LogP contribution in [0.2, 0.25) is 0 Å². The molecule has 0 spiro atoms. The Kier molecular flexibility index (Phi) is 3.08. The molecule has 90 valence electrons. The third-order valence-electron chi connectivity index (χ3n) is 3.03. The number of rotatable bonds is 2. The van der Waals surface area contributed by atoms with Gasteiger partial charge in [-0.25, -0.2) is 4.39 Å². The second kappa shape index (κ2) is 4.53. The first-order valence-corrected chi connectivity index (χ1v) is 5.33. The largest absolute Gasteiger partial charge is 0.481 e. The Morgan fingerprint density at radius 3 is 2.59 bits per heavy atom. The fraction of sp³-hybridized carbons (Fsp3) is 0.333. The molecule has 17 heavy (non-hydrogen) atoms. The molecule has 1 aromatic carbocycles. The Bertz CT molecular complexity index is 444. The summed E-state index contributed by atoms with van der Waals surface area (Å²) in [5.41, 5.74) is 0.689. The van der Waals surface area contributed by atoms with Crippen molar-refractivity contribution in [1.29, 1.82) is 0 Å². The van der Waals surface area contributed by atoms with E-state index in [1.165, 1.54) is 24.3 Å². The molecule has 0 radical (unpaired) electrons. The van der Waals surface area contributed by atoms with E-state index in [4.69, 9.17) is 5.11 Å². The third kappa shape index (κ3) is 2.43. The van der Waals surface area contributed by atoms with Crippen LogP contribution in [0.1, 0.15) is 17.9 Å². The van der Waals surface area contributed by atoms with Crippen molar-refractivity contribution in [3.05, 3.63) is 35.6 Å². The minimum Gasteiger partial charge on any atom is -0.481 e. The van der Waals surface area contributed by atoms with E-state index in [0.29, 0.717) is 5.56 Å². The first-order valence-electron chi connectivity index (χ1n) is 5.33. The highest BCUT2D eigenvalue weighted by molar-refractivity contribution is 5.82. The molecule has 1 fully saturated rings. The van der Waals surface area contributed by atoms with E-state index in [0.717, 1.165) is 0 Å². The van der Waals surface area contributed by atoms with Crippen molar-refractivity contribution >= 4 is 11.9 Å². The van der Waals surface area contributed by atoms with Gasteiger partial charge in [-0.3, -0.25) is 9.59 Å². The summed E-state index contributed by atoms with van der Waals surface area (Å²) in [6, 6.07) is 5.63. The lowest BCUT2D eigenvalue weighted by Crippen LogP contribution is -2.43. The van der Waals surface area contributed by atoms with E-state index >= 15 is 0 Å². The van der Waals surface area contributed by atoms with Gasteiger partial charge in [0.2, 0.25) is 5.91 Å². The minimum atomic E-state index is -0.945. The summed E-state index contributed by atoms with van der Waals surface area (Å²) < 4.78 is 12.8.